The van der Waals surface area contributed by atoms with Gasteiger partial charge < -0.3 is 14.6 Å². The van der Waals surface area contributed by atoms with Crippen LogP contribution in [0.15, 0.2) is 0 Å². The summed E-state index contributed by atoms with van der Waals surface area (Å²) in [5.41, 5.74) is 0. The third-order valence-corrected chi connectivity index (χ3v) is 0. The van der Waals surface area contributed by atoms with E-state index >= 15 is 0 Å². The van der Waals surface area contributed by atoms with Crippen LogP contribution in [0.3, 0.4) is 0 Å². The Morgan fingerprint density at radius 2 is 1.67 bits per heavy atom. The molecule has 0 saturated heterocycles. The summed E-state index contributed by atoms with van der Waals surface area (Å²) in [6.07, 6.45) is 0. The Bertz CT molecular complexity index is 30.5. The first kappa shape index (κ1) is 15.6. The van der Waals surface area contributed by atoms with Crippen LogP contribution in [0.25, 0.3) is 0 Å². The second-order valence-electron chi connectivity index (χ2n) is 0.217. The molecule has 3 N–H and O–H groups in total. The summed E-state index contributed by atoms with van der Waals surface area (Å²) in [7, 11) is 0. The maximum absolute atomic E-state index is 8.56. The monoisotopic (exact) mass is 138 g/mol. The smallest absolute Gasteiger partial charge is 0.750 e. The Kier molecular flexibility index (Phi) is 25.6. The summed E-state index contributed by atoms with van der Waals surface area (Å²) in [6.45, 7) is 0. The first-order valence-electron chi connectivity index (χ1n) is 0.516. The summed E-state index contributed by atoms with van der Waals surface area (Å²) in [4.78, 5) is 0. The van der Waals surface area contributed by atoms with E-state index in [0.717, 1.165) is 0 Å². The van der Waals surface area contributed by atoms with Crippen LogP contribution in [0.2, 0.25) is 0 Å². The molecule has 0 heterocycles. The van der Waals surface area contributed by atoms with Gasteiger partial charge in [-0.15, -0.1) is 0 Å². The molecule has 0 amide bonds. The fraction of sp³-hybridized carbons (Fsp3) is 0. The van der Waals surface area contributed by atoms with Gasteiger partial charge in [-0.3, -0.25) is 0 Å². The van der Waals surface area contributed by atoms with E-state index in [1.54, 1.807) is 0 Å². The van der Waals surface area contributed by atoms with Crippen molar-refractivity contribution in [3.8, 4) is 0 Å². The largest absolute Gasteiger partial charge is 1.00 e. The Labute approximate surface area is 80.2 Å². The van der Waals surface area contributed by atoms with E-state index in [0.29, 0.717) is 0 Å². The van der Waals surface area contributed by atoms with Crippen LogP contribution in [0, 0.1) is 0 Å². The van der Waals surface area contributed by atoms with E-state index < -0.39 is 11.4 Å². The molecule has 6 heavy (non-hydrogen) atoms. The molecule has 0 rings (SSSR count). The van der Waals surface area contributed by atoms with Crippen LogP contribution in [0.4, 0.5) is 0 Å². The molecule has 0 fully saturated rings. The van der Waals surface area contributed by atoms with Crippen molar-refractivity contribution in [3.05, 3.63) is 0 Å². The van der Waals surface area contributed by atoms with Gasteiger partial charge in [0.15, 0.2) is 0 Å². The Morgan fingerprint density at radius 3 is 1.67 bits per heavy atom. The Balaban J connectivity index is -0.0000000450. The van der Waals surface area contributed by atoms with E-state index in [1.807, 2.05) is 0 Å². The van der Waals surface area contributed by atoms with Crippen molar-refractivity contribution in [2.45, 2.75) is 0 Å². The van der Waals surface area contributed by atoms with Gasteiger partial charge in [-0.2, -0.15) is 0 Å². The predicted molar refractivity (Wildman–Crippen MR) is 15.2 cm³/mol. The average molecular weight is 138 g/mol. The molecule has 0 aromatic carbocycles. The molecular formula is H3KO4S. The van der Waals surface area contributed by atoms with Gasteiger partial charge >= 0.3 is 51.4 Å². The third-order valence-electron chi connectivity index (χ3n) is 0. The van der Waals surface area contributed by atoms with Crippen molar-refractivity contribution in [2.75, 3.05) is 0 Å². The van der Waals surface area contributed by atoms with Crippen LogP contribution >= 0.6 is 0 Å². The SMILES string of the molecule is O.O=S([O-])O.[K+]. The van der Waals surface area contributed by atoms with E-state index in [-0.39, 0.29) is 56.9 Å². The summed E-state index contributed by atoms with van der Waals surface area (Å²) in [5, 5.41) is 0. The molecule has 0 aromatic heterocycles. The molecule has 1 atom stereocenters. The van der Waals surface area contributed by atoms with Gasteiger partial charge in [-0.1, -0.05) is 0 Å². The van der Waals surface area contributed by atoms with Gasteiger partial charge in [-0.25, -0.2) is 4.21 Å². The molecule has 0 spiro atoms. The molecule has 6 heteroatoms. The first-order valence-corrected chi connectivity index (χ1v) is 1.55. The molecule has 0 aliphatic carbocycles. The average Bonchev–Trinajstić information content (AvgIpc) is 0.811. The van der Waals surface area contributed by atoms with Gasteiger partial charge in [0.05, 0.1) is 11.4 Å². The first-order chi connectivity index (χ1) is 1.73. The minimum Gasteiger partial charge on any atom is -0.750 e. The molecule has 34 valence electrons. The molecule has 1 unspecified atom stereocenters. The third kappa shape index (κ3) is 44.4. The molecule has 4 nitrogen and oxygen atoms in total. The maximum atomic E-state index is 8.56. The summed E-state index contributed by atoms with van der Waals surface area (Å²) < 4.78 is 24.1. The topological polar surface area (TPSA) is 91.9 Å². The minimum atomic E-state index is -2.86. The van der Waals surface area contributed by atoms with Crippen molar-refractivity contribution < 1.29 is 70.2 Å². The van der Waals surface area contributed by atoms with E-state index in [2.05, 4.69) is 0 Å². The Hall–Kier alpha value is 1.67. The standard InChI is InChI=1S/K.H2O3S.H2O/c;1-4(2)3;/h;(H2,1,2,3);1H2/q+1;;/p-1. The predicted octanol–water partition coefficient (Wildman–Crippen LogP) is -4.48. The van der Waals surface area contributed by atoms with Gasteiger partial charge in [0.2, 0.25) is 0 Å². The van der Waals surface area contributed by atoms with Crippen molar-refractivity contribution in [3.63, 3.8) is 0 Å². The number of hydrogen-bond donors (Lipinski definition) is 1. The van der Waals surface area contributed by atoms with Crippen molar-refractivity contribution in [1.82, 2.24) is 0 Å². The van der Waals surface area contributed by atoms with Crippen LogP contribution in [0.5, 0.6) is 0 Å². The molecule has 0 aliphatic rings. The van der Waals surface area contributed by atoms with E-state index in [1.165, 1.54) is 0 Å². The summed E-state index contributed by atoms with van der Waals surface area (Å²) in [5.74, 6) is 0. The number of rotatable bonds is 0. The van der Waals surface area contributed by atoms with Crippen LogP contribution < -0.4 is 51.4 Å². The maximum Gasteiger partial charge on any atom is 1.00 e. The minimum absolute atomic E-state index is 0. The van der Waals surface area contributed by atoms with Crippen molar-refractivity contribution >= 4 is 11.4 Å². The molecule has 0 radical (unpaired) electrons. The van der Waals surface area contributed by atoms with Crippen LogP contribution in [-0.4, -0.2) is 18.8 Å². The zero-order valence-electron chi connectivity index (χ0n) is 3.17. The second kappa shape index (κ2) is 9.83. The van der Waals surface area contributed by atoms with E-state index in [4.69, 9.17) is 13.3 Å². The summed E-state index contributed by atoms with van der Waals surface area (Å²) in [6, 6.07) is 0. The zero-order valence-corrected chi connectivity index (χ0v) is 7.11. The molecule has 0 bridgehead atoms. The van der Waals surface area contributed by atoms with Crippen LogP contribution in [0.1, 0.15) is 0 Å². The molecule has 0 saturated carbocycles. The van der Waals surface area contributed by atoms with Gasteiger partial charge in [0.25, 0.3) is 0 Å². The quantitative estimate of drug-likeness (QED) is 0.270. The van der Waals surface area contributed by atoms with Crippen molar-refractivity contribution in [2.24, 2.45) is 0 Å². The Morgan fingerprint density at radius 1 is 1.67 bits per heavy atom. The fourth-order valence-electron chi connectivity index (χ4n) is 0. The normalized spacial score (nSPS) is 10.3. The van der Waals surface area contributed by atoms with E-state index in [9.17, 15) is 0 Å². The zero-order chi connectivity index (χ0) is 3.58. The van der Waals surface area contributed by atoms with Crippen LogP contribution in [-0.2, 0) is 11.4 Å². The summed E-state index contributed by atoms with van der Waals surface area (Å²) >= 11 is -2.86. The second-order valence-corrected chi connectivity index (χ2v) is 0.651. The van der Waals surface area contributed by atoms with Gasteiger partial charge in [-0.05, 0) is 0 Å². The van der Waals surface area contributed by atoms with Crippen molar-refractivity contribution in [1.29, 1.82) is 0 Å². The number of hydrogen-bond acceptors (Lipinski definition) is 2. The van der Waals surface area contributed by atoms with Gasteiger partial charge in [0, 0.05) is 0 Å². The van der Waals surface area contributed by atoms with Gasteiger partial charge in [0.1, 0.15) is 0 Å². The fourth-order valence-corrected chi connectivity index (χ4v) is 0. The molecular weight excluding hydrogens is 135 g/mol. The molecule has 0 aliphatic heterocycles. The molecule has 0 aromatic rings.